The van der Waals surface area contributed by atoms with Gasteiger partial charge < -0.3 is 54.0 Å². The number of benzene rings is 3. The highest BCUT2D eigenvalue weighted by molar-refractivity contribution is 7.22. The molecule has 25 nitrogen and oxygen atoms in total. The molecule has 5 atom stereocenters. The monoisotopic (exact) mass is 1350 g/mol. The van der Waals surface area contributed by atoms with Crippen LogP contribution in [0.3, 0.4) is 0 Å². The average molecular weight is 1350 g/mol. The molecule has 26 heteroatoms. The van der Waals surface area contributed by atoms with E-state index in [2.05, 4.69) is 34.4 Å². The van der Waals surface area contributed by atoms with Crippen molar-refractivity contribution in [1.29, 1.82) is 0 Å². The fourth-order valence-electron chi connectivity index (χ4n) is 15.8. The summed E-state index contributed by atoms with van der Waals surface area (Å²) in [5, 5.41) is 42.7. The Bertz CT molecular complexity index is 4140. The van der Waals surface area contributed by atoms with Crippen molar-refractivity contribution < 1.29 is 77.3 Å². The Morgan fingerprint density at radius 2 is 1.62 bits per heavy atom. The summed E-state index contributed by atoms with van der Waals surface area (Å²) in [6.07, 6.45) is 9.32. The molecule has 4 saturated carbocycles. The Morgan fingerprint density at radius 3 is 2.39 bits per heavy atom. The van der Waals surface area contributed by atoms with E-state index in [-0.39, 0.29) is 110 Å². The molecule has 4 aliphatic carbocycles. The smallest absolute Gasteiger partial charge is 0.409 e. The van der Waals surface area contributed by atoms with Crippen LogP contribution in [0.15, 0.2) is 103 Å². The van der Waals surface area contributed by atoms with Crippen molar-refractivity contribution in [1.82, 2.24) is 39.8 Å². The number of carbonyl (C=O) groups is 7. The highest BCUT2D eigenvalue weighted by atomic mass is 32.1. The molecular weight excluding hydrogens is 1270 g/mol. The zero-order valence-electron chi connectivity index (χ0n) is 54.6. The van der Waals surface area contributed by atoms with Gasteiger partial charge in [0.2, 0.25) is 12.2 Å². The summed E-state index contributed by atoms with van der Waals surface area (Å²) >= 11 is 1.38. The van der Waals surface area contributed by atoms with Crippen LogP contribution in [0, 0.1) is 23.2 Å². The first kappa shape index (κ1) is 67.8. The molecule has 3 aromatic carbocycles. The fraction of sp³-hybridized carbons (Fsp3) is 0.451. The van der Waals surface area contributed by atoms with E-state index in [9.17, 15) is 48.9 Å². The third kappa shape index (κ3) is 15.6. The molecule has 4 aromatic heterocycles. The number of ether oxygens (including phenoxy) is 6. The van der Waals surface area contributed by atoms with Gasteiger partial charge in [0.1, 0.15) is 24.7 Å². The zero-order valence-corrected chi connectivity index (χ0v) is 55.4. The number of aliphatic carboxylic acids is 1. The maximum absolute atomic E-state index is 13.7. The predicted molar refractivity (Wildman–Crippen MR) is 356 cm³/mol. The molecule has 1 saturated heterocycles. The van der Waals surface area contributed by atoms with E-state index in [0.29, 0.717) is 94.1 Å². The Kier molecular flexibility index (Phi) is 19.9. The number of rotatable bonds is 29. The molecule has 5 fully saturated rings. The van der Waals surface area contributed by atoms with Crippen LogP contribution >= 0.6 is 11.3 Å². The average Bonchev–Trinajstić information content (AvgIpc) is 1.06. The minimum Gasteiger partial charge on any atom is -0.491 e. The van der Waals surface area contributed by atoms with Crippen LogP contribution in [0.2, 0.25) is 0 Å². The van der Waals surface area contributed by atoms with Crippen molar-refractivity contribution in [3.05, 3.63) is 126 Å². The van der Waals surface area contributed by atoms with Crippen LogP contribution in [0.25, 0.3) is 43.5 Å². The van der Waals surface area contributed by atoms with Crippen molar-refractivity contribution in [2.75, 3.05) is 58.4 Å². The normalized spacial score (nSPS) is 23.3. The molecule has 5 N–H and O–H groups in total. The lowest BCUT2D eigenvalue weighted by Crippen LogP contribution is -2.64. The summed E-state index contributed by atoms with van der Waals surface area (Å²) in [7, 11) is 1.64. The summed E-state index contributed by atoms with van der Waals surface area (Å²) < 4.78 is 39.3. The number of imide groups is 1. The molecular formula is C71H79N9O16S. The number of nitrogens with zero attached hydrogens (tertiary/aromatic N) is 7. The minimum absolute atomic E-state index is 0.00960. The number of aromatic carboxylic acids is 1. The predicted octanol–water partition coefficient (Wildman–Crippen LogP) is 9.76. The number of carbonyl (C=O) groups excluding carboxylic acids is 5. The summed E-state index contributed by atoms with van der Waals surface area (Å²) in [5.74, 6) is -3.02. The van der Waals surface area contributed by atoms with Gasteiger partial charge in [-0.15, -0.1) is 0 Å². The maximum Gasteiger partial charge on any atom is 0.409 e. The number of anilines is 1. The number of amides is 5. The van der Waals surface area contributed by atoms with E-state index in [1.807, 2.05) is 41.9 Å². The zero-order chi connectivity index (χ0) is 68.2. The highest BCUT2D eigenvalue weighted by Gasteiger charge is 2.66. The molecule has 7 aromatic rings. The number of likely N-dealkylation sites (N-methyl/N-ethyl adjacent to an activating group) is 1. The molecule has 4 bridgehead atoms. The van der Waals surface area contributed by atoms with Crippen LogP contribution < -0.4 is 20.1 Å². The molecule has 0 spiro atoms. The number of fused-ring (bicyclic) bond motifs is 2. The number of thiazole rings is 1. The first-order valence-corrected chi connectivity index (χ1v) is 33.6. The van der Waals surface area contributed by atoms with Gasteiger partial charge in [0, 0.05) is 110 Å². The number of aromatic nitrogens is 5. The summed E-state index contributed by atoms with van der Waals surface area (Å²) in [5.41, 5.74) is 4.24. The van der Waals surface area contributed by atoms with Gasteiger partial charge in [-0.3, -0.25) is 39.1 Å². The Balaban J connectivity index is 0.647. The number of hydrogen-bond acceptors (Lipinski definition) is 19. The van der Waals surface area contributed by atoms with Gasteiger partial charge in [0.05, 0.1) is 64.7 Å². The largest absolute Gasteiger partial charge is 0.491 e. The van der Waals surface area contributed by atoms with Crippen molar-refractivity contribution in [2.24, 2.45) is 16.2 Å². The molecule has 0 radical (unpaired) electrons. The molecule has 2 aliphatic heterocycles. The van der Waals surface area contributed by atoms with Gasteiger partial charge in [-0.05, 0) is 129 Å². The maximum atomic E-state index is 13.7. The van der Waals surface area contributed by atoms with E-state index in [4.69, 9.17) is 38.5 Å². The molecule has 97 heavy (non-hydrogen) atoms. The van der Waals surface area contributed by atoms with Crippen molar-refractivity contribution in [3.8, 4) is 33.9 Å². The van der Waals surface area contributed by atoms with Crippen molar-refractivity contribution in [3.63, 3.8) is 0 Å². The van der Waals surface area contributed by atoms with Gasteiger partial charge in [-0.1, -0.05) is 49.8 Å². The standard InChI is InChI=1S/C71H79N9O16S/c1-43-51(48-16-18-52(75-62(48)65(88)89)44-14-17-53-50(30-44)49(21-22-72-53)63(85)77-66-76-54-10-7-8-11-57(54)97-66)34-74-80(43)42-70-37-68(2)36-69(3,38-70)40-71(39-68,41-70)94-27-25-78(4)67(90)93-35-45-13-15-47(33-55(45)95-61-32-46(81)31-56(96-61)64(86)87)92-29-28-91-26-23-73-58(82)12-6-5-9-24-79-59(83)19-20-60(79)84/h7-8,10-11,13-22,30,33-34,46,56,61,81H,5-6,9,12,23-29,31-32,35-42H2,1-4H3,(H,73,82)(H,86,87)(H,88,89)(H,76,77,85)/t46-,56-,61+,68?,69?,70?,71?/m0/s1. The summed E-state index contributed by atoms with van der Waals surface area (Å²) in [6.45, 7) is 8.63. The number of aliphatic hydroxyl groups is 1. The summed E-state index contributed by atoms with van der Waals surface area (Å²) in [6, 6.07) is 23.1. The van der Waals surface area contributed by atoms with Gasteiger partial charge >= 0.3 is 18.0 Å². The molecule has 5 amide bonds. The number of carboxylic acids is 2. The quantitative estimate of drug-likeness (QED) is 0.0215. The van der Waals surface area contributed by atoms with Crippen molar-refractivity contribution >= 4 is 79.2 Å². The second-order valence-electron chi connectivity index (χ2n) is 27.1. The van der Waals surface area contributed by atoms with Crippen LogP contribution in [-0.2, 0) is 51.3 Å². The fourth-order valence-corrected chi connectivity index (χ4v) is 16.7. The SMILES string of the molecule is Cc1c(-c2ccc(-c3ccc4nccc(C(=O)Nc5nc6ccccc6s5)c4c3)nc2C(=O)O)cnn1CC12CC3(C)CC(C)(C1)CC(OCCN(C)C(=O)OCc1ccc(OCCOCCNC(=O)CCCCCN4C(=O)C=CC4=O)cc1O[C@H]1C[C@@H](O)C[C@@H](C(=O)O)O1)(C3)C2. The molecule has 2 unspecified atom stereocenters. The number of nitrogens with one attached hydrogen (secondary N) is 2. The van der Waals surface area contributed by atoms with Crippen LogP contribution in [-0.4, -0.2) is 169 Å². The van der Waals surface area contributed by atoms with Crippen LogP contribution in [0.4, 0.5) is 9.93 Å². The Hall–Kier alpha value is -9.21. The second-order valence-corrected chi connectivity index (χ2v) is 28.1. The number of carboxylic acid groups (broad SMARTS) is 2. The molecule has 13 rings (SSSR count). The third-order valence-corrected chi connectivity index (χ3v) is 20.0. The molecule has 510 valence electrons. The van der Waals surface area contributed by atoms with E-state index in [1.54, 1.807) is 68.0 Å². The number of hydrogen-bond donors (Lipinski definition) is 5. The number of aliphatic hydroxyl groups excluding tert-OH is 1. The van der Waals surface area contributed by atoms with Gasteiger partial charge in [-0.25, -0.2) is 24.4 Å². The lowest BCUT2D eigenvalue weighted by Gasteiger charge is -2.69. The summed E-state index contributed by atoms with van der Waals surface area (Å²) in [4.78, 5) is 105. The second kappa shape index (κ2) is 28.5. The topological polar surface area (TPSA) is 323 Å². The first-order valence-electron chi connectivity index (χ1n) is 32.7. The van der Waals surface area contributed by atoms with Crippen LogP contribution in [0.5, 0.6) is 11.5 Å². The van der Waals surface area contributed by atoms with E-state index < -0.39 is 42.1 Å². The van der Waals surface area contributed by atoms with E-state index in [1.165, 1.54) is 33.3 Å². The molecule has 6 aliphatic rings. The minimum atomic E-state index is -1.30. The number of pyridine rings is 2. The van der Waals surface area contributed by atoms with Gasteiger partial charge in [0.15, 0.2) is 16.9 Å². The lowest BCUT2D eigenvalue weighted by atomic mass is 9.39. The first-order chi connectivity index (χ1) is 46.5. The third-order valence-electron chi connectivity index (χ3n) is 19.0. The van der Waals surface area contributed by atoms with Gasteiger partial charge in [-0.2, -0.15) is 5.10 Å². The Morgan fingerprint density at radius 1 is 0.825 bits per heavy atom. The van der Waals surface area contributed by atoms with Crippen LogP contribution in [0.1, 0.15) is 123 Å². The number of para-hydroxylation sites is 1. The molecule has 6 heterocycles. The van der Waals surface area contributed by atoms with E-state index in [0.717, 1.165) is 54.4 Å². The lowest BCUT2D eigenvalue weighted by molar-refractivity contribution is -0.248. The number of unbranched alkanes of at least 4 members (excludes halogenated alkanes) is 2. The van der Waals surface area contributed by atoms with E-state index >= 15 is 0 Å². The highest BCUT2D eigenvalue weighted by Crippen LogP contribution is 2.72. The Labute approximate surface area is 563 Å². The van der Waals surface area contributed by atoms with Gasteiger partial charge in [0.25, 0.3) is 17.7 Å². The van der Waals surface area contributed by atoms with Crippen molar-refractivity contribution in [2.45, 2.75) is 135 Å².